The standard InChI is InChI=1S/C22H22FN3O/c23-17-5-6-18-19(12-24-20(18)11-17)14-1-3-16(4-2-14)22(27)25-21-13-26-9-7-15(21)8-10-26/h1-6,11-12,15,21,24H,7-10,13H2,(H,25,27)/t21-/m0/s1. The maximum atomic E-state index is 13.4. The number of amides is 1. The van der Waals surface area contributed by atoms with E-state index in [1.807, 2.05) is 30.5 Å². The van der Waals surface area contributed by atoms with Crippen LogP contribution in [0.25, 0.3) is 22.0 Å². The highest BCUT2D eigenvalue weighted by Crippen LogP contribution is 2.30. The Balaban J connectivity index is 1.34. The van der Waals surface area contributed by atoms with E-state index in [2.05, 4.69) is 15.2 Å². The van der Waals surface area contributed by atoms with Crippen LogP contribution in [-0.2, 0) is 0 Å². The molecule has 1 aromatic heterocycles. The molecule has 5 heteroatoms. The van der Waals surface area contributed by atoms with E-state index in [1.165, 1.54) is 38.1 Å². The molecule has 0 unspecified atom stereocenters. The van der Waals surface area contributed by atoms with E-state index in [4.69, 9.17) is 0 Å². The molecule has 138 valence electrons. The van der Waals surface area contributed by atoms with E-state index in [9.17, 15) is 9.18 Å². The summed E-state index contributed by atoms with van der Waals surface area (Å²) in [6.07, 6.45) is 4.25. The van der Waals surface area contributed by atoms with Gasteiger partial charge in [0.1, 0.15) is 5.82 Å². The minimum Gasteiger partial charge on any atom is -0.360 e. The molecule has 3 aliphatic heterocycles. The first-order chi connectivity index (χ1) is 13.2. The molecule has 0 saturated carbocycles. The quantitative estimate of drug-likeness (QED) is 0.744. The fourth-order valence-electron chi connectivity index (χ4n) is 4.52. The number of nitrogens with one attached hydrogen (secondary N) is 2. The number of piperidine rings is 3. The van der Waals surface area contributed by atoms with Crippen LogP contribution < -0.4 is 5.32 Å². The Kier molecular flexibility index (Phi) is 3.97. The number of fused-ring (bicyclic) bond motifs is 4. The van der Waals surface area contributed by atoms with Crippen molar-refractivity contribution in [2.24, 2.45) is 5.92 Å². The summed E-state index contributed by atoms with van der Waals surface area (Å²) in [5, 5.41) is 4.20. The summed E-state index contributed by atoms with van der Waals surface area (Å²) in [4.78, 5) is 18.2. The second-order valence-corrected chi connectivity index (χ2v) is 7.69. The van der Waals surface area contributed by atoms with Gasteiger partial charge < -0.3 is 15.2 Å². The number of hydrogen-bond donors (Lipinski definition) is 2. The number of carbonyl (C=O) groups is 1. The first kappa shape index (κ1) is 16.5. The average molecular weight is 363 g/mol. The topological polar surface area (TPSA) is 48.1 Å². The van der Waals surface area contributed by atoms with Gasteiger partial charge in [0.15, 0.2) is 0 Å². The maximum absolute atomic E-state index is 13.4. The lowest BCUT2D eigenvalue weighted by Crippen LogP contribution is -2.57. The minimum absolute atomic E-state index is 0.00120. The maximum Gasteiger partial charge on any atom is 0.251 e. The normalized spacial score (nSPS) is 24.3. The van der Waals surface area contributed by atoms with Crippen LogP contribution in [0.3, 0.4) is 0 Å². The van der Waals surface area contributed by atoms with Gasteiger partial charge in [-0.2, -0.15) is 0 Å². The third kappa shape index (κ3) is 3.02. The van der Waals surface area contributed by atoms with Crippen molar-refractivity contribution in [2.45, 2.75) is 18.9 Å². The van der Waals surface area contributed by atoms with Crippen molar-refractivity contribution >= 4 is 16.8 Å². The van der Waals surface area contributed by atoms with E-state index in [0.717, 1.165) is 28.6 Å². The van der Waals surface area contributed by atoms with Crippen molar-refractivity contribution in [1.29, 1.82) is 0 Å². The molecule has 0 aliphatic carbocycles. The lowest BCUT2D eigenvalue weighted by atomic mass is 9.84. The molecule has 3 fully saturated rings. The largest absolute Gasteiger partial charge is 0.360 e. The lowest BCUT2D eigenvalue weighted by molar-refractivity contribution is 0.0620. The van der Waals surface area contributed by atoms with Crippen LogP contribution in [0.15, 0.2) is 48.7 Å². The molecule has 3 aromatic rings. The molecule has 6 rings (SSSR count). The van der Waals surface area contributed by atoms with Crippen molar-refractivity contribution < 1.29 is 9.18 Å². The summed E-state index contributed by atoms with van der Waals surface area (Å²) < 4.78 is 13.4. The predicted octanol–water partition coefficient (Wildman–Crippen LogP) is 3.80. The van der Waals surface area contributed by atoms with Gasteiger partial charge in [0, 0.05) is 40.8 Å². The average Bonchev–Trinajstić information content (AvgIpc) is 3.12. The van der Waals surface area contributed by atoms with E-state index < -0.39 is 0 Å². The Morgan fingerprint density at radius 3 is 2.59 bits per heavy atom. The fraction of sp³-hybridized carbons (Fsp3) is 0.318. The molecule has 2 N–H and O–H groups in total. The van der Waals surface area contributed by atoms with Gasteiger partial charge in [-0.25, -0.2) is 4.39 Å². The van der Waals surface area contributed by atoms with E-state index in [0.29, 0.717) is 11.5 Å². The zero-order chi connectivity index (χ0) is 18.4. The SMILES string of the molecule is O=C(N[C@H]1CN2CCC1CC2)c1ccc(-c2c[nH]c3cc(F)ccc23)cc1. The van der Waals surface area contributed by atoms with Gasteiger partial charge in [-0.3, -0.25) is 4.79 Å². The van der Waals surface area contributed by atoms with Crippen molar-refractivity contribution in [3.05, 3.63) is 60.0 Å². The van der Waals surface area contributed by atoms with Crippen LogP contribution in [0.4, 0.5) is 4.39 Å². The summed E-state index contributed by atoms with van der Waals surface area (Å²) in [5.41, 5.74) is 3.47. The second-order valence-electron chi connectivity index (χ2n) is 7.69. The molecule has 0 radical (unpaired) electrons. The van der Waals surface area contributed by atoms with Crippen molar-refractivity contribution in [1.82, 2.24) is 15.2 Å². The third-order valence-electron chi connectivity index (χ3n) is 6.07. The van der Waals surface area contributed by atoms with Crippen LogP contribution in [0.1, 0.15) is 23.2 Å². The van der Waals surface area contributed by atoms with Gasteiger partial charge in [-0.1, -0.05) is 12.1 Å². The Bertz CT molecular complexity index is 986. The van der Waals surface area contributed by atoms with Gasteiger partial charge in [-0.05, 0) is 67.7 Å². The summed E-state index contributed by atoms with van der Waals surface area (Å²) in [6, 6.07) is 12.7. The number of aromatic nitrogens is 1. The zero-order valence-electron chi connectivity index (χ0n) is 15.0. The second kappa shape index (κ2) is 6.50. The number of aromatic amines is 1. The molecule has 4 heterocycles. The first-order valence-corrected chi connectivity index (χ1v) is 9.58. The van der Waals surface area contributed by atoms with E-state index in [-0.39, 0.29) is 17.8 Å². The number of hydrogen-bond acceptors (Lipinski definition) is 2. The number of halogens is 1. The molecule has 27 heavy (non-hydrogen) atoms. The summed E-state index contributed by atoms with van der Waals surface area (Å²) >= 11 is 0. The summed E-state index contributed by atoms with van der Waals surface area (Å²) in [6.45, 7) is 3.31. The van der Waals surface area contributed by atoms with Gasteiger partial charge in [0.05, 0.1) is 0 Å². The predicted molar refractivity (Wildman–Crippen MR) is 104 cm³/mol. The highest BCUT2D eigenvalue weighted by atomic mass is 19.1. The molecule has 1 amide bonds. The molecular formula is C22H22FN3O. The number of carbonyl (C=O) groups excluding carboxylic acids is 1. The molecule has 4 nitrogen and oxygen atoms in total. The molecule has 0 spiro atoms. The Morgan fingerprint density at radius 2 is 1.89 bits per heavy atom. The monoisotopic (exact) mass is 363 g/mol. The summed E-state index contributed by atoms with van der Waals surface area (Å²) in [5.74, 6) is 0.363. The zero-order valence-corrected chi connectivity index (χ0v) is 15.0. The minimum atomic E-state index is -0.254. The Labute approximate surface area is 157 Å². The van der Waals surface area contributed by atoms with E-state index in [1.54, 1.807) is 6.07 Å². The van der Waals surface area contributed by atoms with Gasteiger partial charge in [0.25, 0.3) is 5.91 Å². The number of rotatable bonds is 3. The van der Waals surface area contributed by atoms with Crippen LogP contribution in [0.5, 0.6) is 0 Å². The third-order valence-corrected chi connectivity index (χ3v) is 6.07. The Hall–Kier alpha value is -2.66. The van der Waals surface area contributed by atoms with Crippen LogP contribution in [0, 0.1) is 11.7 Å². The van der Waals surface area contributed by atoms with Crippen molar-refractivity contribution in [3.8, 4) is 11.1 Å². The van der Waals surface area contributed by atoms with Gasteiger partial charge >= 0.3 is 0 Å². The van der Waals surface area contributed by atoms with E-state index >= 15 is 0 Å². The first-order valence-electron chi connectivity index (χ1n) is 9.58. The van der Waals surface area contributed by atoms with Crippen LogP contribution in [0.2, 0.25) is 0 Å². The summed E-state index contributed by atoms with van der Waals surface area (Å²) in [7, 11) is 0. The highest BCUT2D eigenvalue weighted by Gasteiger charge is 2.34. The molecule has 1 atom stereocenters. The molecule has 2 aromatic carbocycles. The molecule has 2 bridgehead atoms. The molecule has 3 saturated heterocycles. The molecule has 3 aliphatic rings. The Morgan fingerprint density at radius 1 is 1.11 bits per heavy atom. The fourth-order valence-corrected chi connectivity index (χ4v) is 4.52. The number of benzene rings is 2. The smallest absolute Gasteiger partial charge is 0.251 e. The van der Waals surface area contributed by atoms with Crippen molar-refractivity contribution in [2.75, 3.05) is 19.6 Å². The van der Waals surface area contributed by atoms with Crippen LogP contribution >= 0.6 is 0 Å². The number of H-pyrrole nitrogens is 1. The van der Waals surface area contributed by atoms with Crippen molar-refractivity contribution in [3.63, 3.8) is 0 Å². The van der Waals surface area contributed by atoms with Gasteiger partial charge in [0.2, 0.25) is 0 Å². The van der Waals surface area contributed by atoms with Crippen LogP contribution in [-0.4, -0.2) is 41.5 Å². The molecular weight excluding hydrogens is 341 g/mol. The lowest BCUT2D eigenvalue weighted by Gasteiger charge is -2.44. The van der Waals surface area contributed by atoms with Gasteiger partial charge in [-0.15, -0.1) is 0 Å². The number of nitrogens with zero attached hydrogens (tertiary/aromatic N) is 1. The highest BCUT2D eigenvalue weighted by molar-refractivity contribution is 5.98.